The quantitative estimate of drug-likeness (QED) is 0.115. The first-order chi connectivity index (χ1) is 21.6. The maximum Gasteiger partial charge on any atom is 0.414 e. The Labute approximate surface area is 277 Å². The van der Waals surface area contributed by atoms with Gasteiger partial charge in [0.2, 0.25) is 11.9 Å². The predicted octanol–water partition coefficient (Wildman–Crippen LogP) is 4.45. The molecule has 15 nitrogen and oxygen atoms in total. The Bertz CT molecular complexity index is 1190. The number of carbonyl (C=O) groups excluding carboxylic acids is 5. The van der Waals surface area contributed by atoms with Crippen molar-refractivity contribution in [3.63, 3.8) is 0 Å². The summed E-state index contributed by atoms with van der Waals surface area (Å²) in [7, 11) is 1.54. The second-order valence-corrected chi connectivity index (χ2v) is 13.6. The normalized spacial score (nSPS) is 12.0. The van der Waals surface area contributed by atoms with Gasteiger partial charge in [0.15, 0.2) is 0 Å². The number of ether oxygens (including phenoxy) is 4. The summed E-state index contributed by atoms with van der Waals surface area (Å²) < 4.78 is 21.1. The number of carbonyl (C=O) groups is 5. The third kappa shape index (κ3) is 20.2. The lowest BCUT2D eigenvalue weighted by molar-refractivity contribution is -0.123. The lowest BCUT2D eigenvalue weighted by atomic mass is 10.1. The van der Waals surface area contributed by atoms with Gasteiger partial charge in [0.25, 0.3) is 0 Å². The summed E-state index contributed by atoms with van der Waals surface area (Å²) >= 11 is 0. The van der Waals surface area contributed by atoms with E-state index in [1.807, 2.05) is 30.3 Å². The monoisotopic (exact) mass is 664 g/mol. The zero-order valence-electron chi connectivity index (χ0n) is 29.3. The average molecular weight is 665 g/mol. The van der Waals surface area contributed by atoms with Gasteiger partial charge in [-0.2, -0.15) is 0 Å². The molecule has 0 aliphatic rings. The third-order valence-electron chi connectivity index (χ3n) is 5.43. The van der Waals surface area contributed by atoms with Gasteiger partial charge in [-0.3, -0.25) is 20.4 Å². The van der Waals surface area contributed by atoms with E-state index in [0.29, 0.717) is 0 Å². The highest BCUT2D eigenvalue weighted by atomic mass is 16.6. The molecule has 0 bridgehead atoms. The molecule has 0 saturated carbocycles. The third-order valence-corrected chi connectivity index (χ3v) is 5.43. The molecule has 47 heavy (non-hydrogen) atoms. The highest BCUT2D eigenvalue weighted by Crippen LogP contribution is 2.10. The van der Waals surface area contributed by atoms with E-state index in [4.69, 9.17) is 18.9 Å². The number of hydrogen-bond acceptors (Lipinski definition) is 10. The maximum absolute atomic E-state index is 13.1. The van der Waals surface area contributed by atoms with E-state index in [9.17, 15) is 24.0 Å². The summed E-state index contributed by atoms with van der Waals surface area (Å²) in [6.07, 6.45) is -2.66. The molecular weight excluding hydrogens is 612 g/mol. The SMILES string of the molecule is CN(CCNC(=O)[C@H](CCCN=C(NC(=O)OC(C)(C)C)NC(=O)OC(C)(C)C)NC(=O)OC(C)(C)C)C(=O)OCc1ccccc1. The number of likely N-dealkylation sites (N-methyl/N-ethyl adjacent to an activating group) is 1. The van der Waals surface area contributed by atoms with E-state index >= 15 is 0 Å². The van der Waals surface area contributed by atoms with Gasteiger partial charge in [-0.15, -0.1) is 0 Å². The summed E-state index contributed by atoms with van der Waals surface area (Å²) in [4.78, 5) is 68.2. The number of benzene rings is 1. The van der Waals surface area contributed by atoms with Crippen molar-refractivity contribution in [3.8, 4) is 0 Å². The number of hydrogen-bond donors (Lipinski definition) is 4. The summed E-state index contributed by atoms with van der Waals surface area (Å²) in [5.41, 5.74) is -1.55. The van der Waals surface area contributed by atoms with Crippen LogP contribution >= 0.6 is 0 Å². The molecule has 1 rings (SSSR count). The lowest BCUT2D eigenvalue weighted by Gasteiger charge is -2.24. The molecule has 0 unspecified atom stereocenters. The van der Waals surface area contributed by atoms with Crippen molar-refractivity contribution in [2.75, 3.05) is 26.7 Å². The Morgan fingerprint density at radius 3 is 1.81 bits per heavy atom. The van der Waals surface area contributed by atoms with Crippen LogP contribution in [-0.4, -0.2) is 90.7 Å². The highest BCUT2D eigenvalue weighted by Gasteiger charge is 2.25. The van der Waals surface area contributed by atoms with Crippen LogP contribution in [0.3, 0.4) is 0 Å². The largest absolute Gasteiger partial charge is 0.445 e. The van der Waals surface area contributed by atoms with Gasteiger partial charge in [-0.25, -0.2) is 19.2 Å². The molecule has 0 saturated heterocycles. The number of amides is 5. The maximum atomic E-state index is 13.1. The molecule has 0 spiro atoms. The van der Waals surface area contributed by atoms with Crippen molar-refractivity contribution in [3.05, 3.63) is 35.9 Å². The fourth-order valence-corrected chi connectivity index (χ4v) is 3.51. The summed E-state index contributed by atoms with van der Waals surface area (Å²) in [6.45, 7) is 15.6. The molecule has 0 fully saturated rings. The van der Waals surface area contributed by atoms with E-state index in [1.165, 1.54) is 4.90 Å². The van der Waals surface area contributed by atoms with Crippen molar-refractivity contribution < 1.29 is 42.9 Å². The Morgan fingerprint density at radius 2 is 1.30 bits per heavy atom. The van der Waals surface area contributed by atoms with E-state index < -0.39 is 53.1 Å². The topological polar surface area (TPSA) is 186 Å². The van der Waals surface area contributed by atoms with Gasteiger partial charge in [0.1, 0.15) is 29.5 Å². The number of nitrogens with one attached hydrogen (secondary N) is 4. The fraction of sp³-hybridized carbons (Fsp3) is 0.625. The molecule has 4 N–H and O–H groups in total. The first kappa shape index (κ1) is 40.5. The molecule has 5 amide bonds. The number of aliphatic imine (C=N–C) groups is 1. The Kier molecular flexibility index (Phi) is 16.0. The molecule has 0 aliphatic heterocycles. The summed E-state index contributed by atoms with van der Waals surface area (Å²) in [6, 6.07) is 8.22. The Balaban J connectivity index is 2.85. The summed E-state index contributed by atoms with van der Waals surface area (Å²) in [5, 5.41) is 10.1. The molecule has 0 aromatic heterocycles. The first-order valence-electron chi connectivity index (χ1n) is 15.4. The van der Waals surface area contributed by atoms with Crippen molar-refractivity contribution >= 4 is 36.2 Å². The molecule has 0 radical (unpaired) electrons. The number of rotatable bonds is 11. The Hall–Kier alpha value is -4.56. The first-order valence-corrected chi connectivity index (χ1v) is 15.4. The number of alkyl carbamates (subject to hydrolysis) is 3. The Morgan fingerprint density at radius 1 is 0.787 bits per heavy atom. The van der Waals surface area contributed by atoms with Gasteiger partial charge in [-0.1, -0.05) is 30.3 Å². The van der Waals surface area contributed by atoms with Crippen LogP contribution in [0.1, 0.15) is 80.7 Å². The molecule has 1 atom stereocenters. The molecule has 264 valence electrons. The van der Waals surface area contributed by atoms with Crippen LogP contribution in [0.2, 0.25) is 0 Å². The smallest absolute Gasteiger partial charge is 0.414 e. The van der Waals surface area contributed by atoms with Gasteiger partial charge >= 0.3 is 24.4 Å². The average Bonchev–Trinajstić information content (AvgIpc) is 2.90. The number of nitrogens with zero attached hydrogens (tertiary/aromatic N) is 2. The van der Waals surface area contributed by atoms with E-state index in [1.54, 1.807) is 69.4 Å². The van der Waals surface area contributed by atoms with Crippen molar-refractivity contribution in [1.82, 2.24) is 26.2 Å². The fourth-order valence-electron chi connectivity index (χ4n) is 3.51. The van der Waals surface area contributed by atoms with Crippen LogP contribution in [0.5, 0.6) is 0 Å². The van der Waals surface area contributed by atoms with Crippen LogP contribution in [-0.2, 0) is 30.3 Å². The van der Waals surface area contributed by atoms with Crippen molar-refractivity contribution in [2.24, 2.45) is 4.99 Å². The minimum absolute atomic E-state index is 0.0384. The van der Waals surface area contributed by atoms with Crippen LogP contribution < -0.4 is 21.3 Å². The number of guanidine groups is 1. The molecule has 15 heteroatoms. The van der Waals surface area contributed by atoms with E-state index in [2.05, 4.69) is 26.3 Å². The standard InChI is InChI=1S/C32H52N6O9/c1-30(2,3)45-26(40)35-23(24(39)33-19-20-38(10)29(43)44-21-22-15-12-11-13-16-22)17-14-18-34-25(36-27(41)46-31(4,5)6)37-28(42)47-32(7,8)9/h11-13,15-16,23H,14,17-21H2,1-10H3,(H,33,39)(H,35,40)(H2,34,36,37,41,42)/t23-/m0/s1. The van der Waals surface area contributed by atoms with Crippen LogP contribution in [0.4, 0.5) is 19.2 Å². The van der Waals surface area contributed by atoms with Gasteiger partial charge in [0, 0.05) is 26.7 Å². The molecule has 0 heterocycles. The zero-order chi connectivity index (χ0) is 35.8. The highest BCUT2D eigenvalue weighted by molar-refractivity contribution is 6.01. The van der Waals surface area contributed by atoms with Gasteiger partial charge in [0.05, 0.1) is 0 Å². The summed E-state index contributed by atoms with van der Waals surface area (Å²) in [5.74, 6) is -0.721. The predicted molar refractivity (Wildman–Crippen MR) is 176 cm³/mol. The minimum Gasteiger partial charge on any atom is -0.445 e. The van der Waals surface area contributed by atoms with Crippen molar-refractivity contribution in [1.29, 1.82) is 0 Å². The molecule has 1 aromatic rings. The van der Waals surface area contributed by atoms with Gasteiger partial charge in [-0.05, 0) is 80.7 Å². The second-order valence-electron chi connectivity index (χ2n) is 13.6. The van der Waals surface area contributed by atoms with Crippen LogP contribution in [0, 0.1) is 0 Å². The van der Waals surface area contributed by atoms with Crippen LogP contribution in [0.25, 0.3) is 0 Å². The molecule has 1 aromatic carbocycles. The van der Waals surface area contributed by atoms with E-state index in [-0.39, 0.29) is 45.0 Å². The zero-order valence-corrected chi connectivity index (χ0v) is 29.3. The molecule has 0 aliphatic carbocycles. The minimum atomic E-state index is -1.02. The second kappa shape index (κ2) is 18.6. The van der Waals surface area contributed by atoms with Crippen LogP contribution in [0.15, 0.2) is 35.3 Å². The molecular formula is C32H52N6O9. The van der Waals surface area contributed by atoms with E-state index in [0.717, 1.165) is 5.56 Å². The lowest BCUT2D eigenvalue weighted by Crippen LogP contribution is -2.49. The van der Waals surface area contributed by atoms with Crippen molar-refractivity contribution in [2.45, 2.75) is 105 Å². The van der Waals surface area contributed by atoms with Gasteiger partial charge < -0.3 is 34.5 Å².